The summed E-state index contributed by atoms with van der Waals surface area (Å²) in [4.78, 5) is 4.80. The molecule has 0 amide bonds. The van der Waals surface area contributed by atoms with E-state index in [4.69, 9.17) is 14.5 Å². The minimum Gasteiger partial charge on any atom is -0.381 e. The van der Waals surface area contributed by atoms with E-state index < -0.39 is 0 Å². The lowest BCUT2D eigenvalue weighted by Crippen LogP contribution is -2.43. The Bertz CT molecular complexity index is 333. The fraction of sp³-hybridized carbons (Fsp3) is 0.933. The first-order valence-corrected chi connectivity index (χ1v) is 9.27. The van der Waals surface area contributed by atoms with Gasteiger partial charge in [0.05, 0.1) is 12.6 Å². The van der Waals surface area contributed by atoms with Gasteiger partial charge in [-0.2, -0.15) is 11.8 Å². The molecule has 2 fully saturated rings. The van der Waals surface area contributed by atoms with Gasteiger partial charge in [-0.3, -0.25) is 4.99 Å². The molecule has 0 aliphatic carbocycles. The molecule has 2 heterocycles. The van der Waals surface area contributed by atoms with Gasteiger partial charge in [-0.1, -0.05) is 0 Å². The third kappa shape index (κ3) is 6.41. The maximum absolute atomic E-state index is 5.65. The molecule has 0 aromatic heterocycles. The van der Waals surface area contributed by atoms with Crippen LogP contribution in [0.2, 0.25) is 0 Å². The van der Waals surface area contributed by atoms with E-state index in [1.165, 1.54) is 6.42 Å². The molecule has 1 atom stereocenters. The largest absolute Gasteiger partial charge is 0.381 e. The van der Waals surface area contributed by atoms with E-state index in [1.807, 2.05) is 11.8 Å². The second kappa shape index (κ2) is 10.9. The van der Waals surface area contributed by atoms with Gasteiger partial charge in [0.15, 0.2) is 5.96 Å². The second-order valence-corrected chi connectivity index (χ2v) is 6.98. The lowest BCUT2D eigenvalue weighted by molar-refractivity contribution is 0.0794. The second-order valence-electron chi connectivity index (χ2n) is 5.71. The number of thioether (sulfide) groups is 1. The van der Waals surface area contributed by atoms with E-state index >= 15 is 0 Å². The molecule has 2 saturated heterocycles. The van der Waals surface area contributed by atoms with Crippen LogP contribution in [0.1, 0.15) is 32.6 Å². The van der Waals surface area contributed by atoms with Crippen LogP contribution in [0.3, 0.4) is 0 Å². The SMILES string of the molecule is CCNC(=NCC1(SC)CCOCC1)NCC1CCCO1.I. The summed E-state index contributed by atoms with van der Waals surface area (Å²) in [5, 5.41) is 6.75. The highest BCUT2D eigenvalue weighted by Gasteiger charge is 2.31. The van der Waals surface area contributed by atoms with E-state index in [0.717, 1.165) is 64.7 Å². The van der Waals surface area contributed by atoms with Crippen LogP contribution < -0.4 is 10.6 Å². The first kappa shape index (κ1) is 20.3. The Labute approximate surface area is 155 Å². The molecule has 1 unspecified atom stereocenters. The molecule has 0 bridgehead atoms. The van der Waals surface area contributed by atoms with Crippen molar-refractivity contribution in [1.29, 1.82) is 0 Å². The van der Waals surface area contributed by atoms with Crippen molar-refractivity contribution in [3.05, 3.63) is 0 Å². The molecule has 130 valence electrons. The van der Waals surface area contributed by atoms with Crippen LogP contribution in [0.5, 0.6) is 0 Å². The average Bonchev–Trinajstić information content (AvgIpc) is 3.04. The maximum atomic E-state index is 5.65. The maximum Gasteiger partial charge on any atom is 0.191 e. The molecule has 0 spiro atoms. The quantitative estimate of drug-likeness (QED) is 0.375. The minimum atomic E-state index is 0. The number of rotatable bonds is 6. The summed E-state index contributed by atoms with van der Waals surface area (Å²) in [6, 6.07) is 0. The highest BCUT2D eigenvalue weighted by Crippen LogP contribution is 2.33. The zero-order chi connectivity index (χ0) is 15.0. The van der Waals surface area contributed by atoms with E-state index in [1.54, 1.807) is 0 Å². The van der Waals surface area contributed by atoms with Crippen molar-refractivity contribution in [2.45, 2.75) is 43.5 Å². The summed E-state index contributed by atoms with van der Waals surface area (Å²) < 4.78 is 11.4. The Morgan fingerprint density at radius 3 is 2.64 bits per heavy atom. The molecule has 7 heteroatoms. The van der Waals surface area contributed by atoms with Crippen molar-refractivity contribution in [2.24, 2.45) is 4.99 Å². The molecule has 5 nitrogen and oxygen atoms in total. The highest BCUT2D eigenvalue weighted by atomic mass is 127. The fourth-order valence-electron chi connectivity index (χ4n) is 2.75. The van der Waals surface area contributed by atoms with Gasteiger partial charge in [-0.15, -0.1) is 24.0 Å². The average molecular weight is 443 g/mol. The predicted octanol–water partition coefficient (Wildman–Crippen LogP) is 2.25. The van der Waals surface area contributed by atoms with Crippen molar-refractivity contribution < 1.29 is 9.47 Å². The Hall–Kier alpha value is 0.270. The van der Waals surface area contributed by atoms with Crippen LogP contribution in [-0.2, 0) is 9.47 Å². The molecule has 0 saturated carbocycles. The molecule has 22 heavy (non-hydrogen) atoms. The Morgan fingerprint density at radius 2 is 2.05 bits per heavy atom. The number of halogens is 1. The molecule has 0 aromatic rings. The van der Waals surface area contributed by atoms with E-state index in [0.29, 0.717) is 6.10 Å². The summed E-state index contributed by atoms with van der Waals surface area (Å²) in [6.07, 6.45) is 7.03. The zero-order valence-corrected chi connectivity index (χ0v) is 16.9. The Balaban J connectivity index is 0.00000242. The fourth-order valence-corrected chi connectivity index (χ4v) is 3.52. The van der Waals surface area contributed by atoms with Gasteiger partial charge in [-0.05, 0) is 38.9 Å². The normalized spacial score (nSPS) is 24.6. The highest BCUT2D eigenvalue weighted by molar-refractivity contribution is 14.0. The van der Waals surface area contributed by atoms with Gasteiger partial charge < -0.3 is 20.1 Å². The molecule has 2 aliphatic heterocycles. The van der Waals surface area contributed by atoms with Gasteiger partial charge in [0.25, 0.3) is 0 Å². The van der Waals surface area contributed by atoms with Crippen molar-refractivity contribution in [2.75, 3.05) is 45.7 Å². The molecule has 2 N–H and O–H groups in total. The van der Waals surface area contributed by atoms with Crippen LogP contribution in [0.4, 0.5) is 0 Å². The Kier molecular flexibility index (Phi) is 10.1. The molecule has 2 aliphatic rings. The van der Waals surface area contributed by atoms with Gasteiger partial charge in [0.1, 0.15) is 0 Å². The molecular weight excluding hydrogens is 413 g/mol. The van der Waals surface area contributed by atoms with Crippen LogP contribution >= 0.6 is 35.7 Å². The number of nitrogens with zero attached hydrogens (tertiary/aromatic N) is 1. The summed E-state index contributed by atoms with van der Waals surface area (Å²) in [6.45, 7) is 7.29. The molecule has 0 aromatic carbocycles. The van der Waals surface area contributed by atoms with Crippen LogP contribution in [0.25, 0.3) is 0 Å². The summed E-state index contributed by atoms with van der Waals surface area (Å²) >= 11 is 1.93. The monoisotopic (exact) mass is 443 g/mol. The topological polar surface area (TPSA) is 54.9 Å². The van der Waals surface area contributed by atoms with Crippen molar-refractivity contribution in [3.63, 3.8) is 0 Å². The van der Waals surface area contributed by atoms with E-state index in [9.17, 15) is 0 Å². The predicted molar refractivity (Wildman–Crippen MR) is 105 cm³/mol. The molecular formula is C15H30IN3O2S. The van der Waals surface area contributed by atoms with Gasteiger partial charge in [-0.25, -0.2) is 0 Å². The van der Waals surface area contributed by atoms with Crippen molar-refractivity contribution in [3.8, 4) is 0 Å². The van der Waals surface area contributed by atoms with Crippen LogP contribution in [0.15, 0.2) is 4.99 Å². The lowest BCUT2D eigenvalue weighted by atomic mass is 9.99. The van der Waals surface area contributed by atoms with E-state index in [-0.39, 0.29) is 28.7 Å². The summed E-state index contributed by atoms with van der Waals surface area (Å²) in [5.41, 5.74) is 0. The van der Waals surface area contributed by atoms with Crippen molar-refractivity contribution in [1.82, 2.24) is 10.6 Å². The van der Waals surface area contributed by atoms with Crippen LogP contribution in [-0.4, -0.2) is 62.5 Å². The minimum absolute atomic E-state index is 0. The van der Waals surface area contributed by atoms with E-state index in [2.05, 4.69) is 23.8 Å². The van der Waals surface area contributed by atoms with Crippen LogP contribution in [0, 0.1) is 0 Å². The first-order valence-electron chi connectivity index (χ1n) is 8.05. The first-order chi connectivity index (χ1) is 10.3. The number of ether oxygens (including phenoxy) is 2. The number of hydrogen-bond donors (Lipinski definition) is 2. The molecule has 0 radical (unpaired) electrons. The number of hydrogen-bond acceptors (Lipinski definition) is 4. The smallest absolute Gasteiger partial charge is 0.191 e. The number of aliphatic imine (C=N–C) groups is 1. The standard InChI is InChI=1S/C15H29N3O2S.HI/c1-3-16-14(17-11-13-5-4-8-20-13)18-12-15(21-2)6-9-19-10-7-15;/h13H,3-12H2,1-2H3,(H2,16,17,18);1H. The zero-order valence-electron chi connectivity index (χ0n) is 13.7. The van der Waals surface area contributed by atoms with Gasteiger partial charge in [0.2, 0.25) is 0 Å². The Morgan fingerprint density at radius 1 is 1.27 bits per heavy atom. The number of nitrogens with one attached hydrogen (secondary N) is 2. The number of guanidine groups is 1. The van der Waals surface area contributed by atoms with Crippen molar-refractivity contribution >= 4 is 41.7 Å². The molecule has 2 rings (SSSR count). The lowest BCUT2D eigenvalue weighted by Gasteiger charge is -2.34. The van der Waals surface area contributed by atoms with Gasteiger partial charge >= 0.3 is 0 Å². The summed E-state index contributed by atoms with van der Waals surface area (Å²) in [5.74, 6) is 0.910. The van der Waals surface area contributed by atoms with Gasteiger partial charge in [0, 0.05) is 37.7 Å². The third-order valence-corrected chi connectivity index (χ3v) is 5.63. The third-order valence-electron chi connectivity index (χ3n) is 4.23. The summed E-state index contributed by atoms with van der Waals surface area (Å²) in [7, 11) is 0.